The SMILES string of the molecule is Cc1ccc(NC(=O)CN(Cc2ccco2)C2CCS(=O)(=O)C2)c(Br)c1. The number of aryl methyl sites for hydroxylation is 1. The Hall–Kier alpha value is -1.64. The number of nitrogens with one attached hydrogen (secondary N) is 1. The van der Waals surface area contributed by atoms with Gasteiger partial charge in [0.1, 0.15) is 5.76 Å². The molecule has 26 heavy (non-hydrogen) atoms. The van der Waals surface area contributed by atoms with E-state index in [1.165, 1.54) is 0 Å². The van der Waals surface area contributed by atoms with Crippen molar-refractivity contribution < 1.29 is 17.6 Å². The molecular weight excluding hydrogens is 420 g/mol. The number of carbonyl (C=O) groups excluding carboxylic acids is 1. The van der Waals surface area contributed by atoms with E-state index >= 15 is 0 Å². The zero-order chi connectivity index (χ0) is 18.7. The van der Waals surface area contributed by atoms with Gasteiger partial charge in [0, 0.05) is 10.5 Å². The molecule has 140 valence electrons. The molecule has 1 aliphatic heterocycles. The number of amides is 1. The Balaban J connectivity index is 1.71. The predicted molar refractivity (Wildman–Crippen MR) is 104 cm³/mol. The molecule has 0 aliphatic carbocycles. The summed E-state index contributed by atoms with van der Waals surface area (Å²) in [5, 5.41) is 2.88. The van der Waals surface area contributed by atoms with E-state index in [9.17, 15) is 13.2 Å². The van der Waals surface area contributed by atoms with E-state index in [1.807, 2.05) is 36.1 Å². The lowest BCUT2D eigenvalue weighted by Crippen LogP contribution is -2.41. The molecular formula is C18H21BrN2O4S. The largest absolute Gasteiger partial charge is 0.468 e. The number of nitrogens with zero attached hydrogens (tertiary/aromatic N) is 1. The van der Waals surface area contributed by atoms with Crippen LogP contribution in [0.1, 0.15) is 17.7 Å². The van der Waals surface area contributed by atoms with E-state index in [1.54, 1.807) is 12.3 Å². The van der Waals surface area contributed by atoms with Gasteiger partial charge in [-0.1, -0.05) is 6.07 Å². The van der Waals surface area contributed by atoms with Gasteiger partial charge in [-0.15, -0.1) is 0 Å². The number of hydrogen-bond donors (Lipinski definition) is 1. The predicted octanol–water partition coefficient (Wildman–Crippen LogP) is 2.98. The third kappa shape index (κ3) is 4.96. The Labute approximate surface area is 161 Å². The third-order valence-corrected chi connectivity index (χ3v) is 6.82. The van der Waals surface area contributed by atoms with Crippen molar-refractivity contribution in [3.63, 3.8) is 0 Å². The highest BCUT2D eigenvalue weighted by Gasteiger charge is 2.33. The first-order valence-electron chi connectivity index (χ1n) is 8.35. The van der Waals surface area contributed by atoms with Gasteiger partial charge in [-0.2, -0.15) is 0 Å². The van der Waals surface area contributed by atoms with Crippen molar-refractivity contribution in [3.8, 4) is 0 Å². The van der Waals surface area contributed by atoms with E-state index in [0.717, 1.165) is 10.0 Å². The van der Waals surface area contributed by atoms with Gasteiger partial charge in [-0.3, -0.25) is 9.69 Å². The van der Waals surface area contributed by atoms with Crippen molar-refractivity contribution in [3.05, 3.63) is 52.4 Å². The Morgan fingerprint density at radius 2 is 2.19 bits per heavy atom. The van der Waals surface area contributed by atoms with Crippen LogP contribution < -0.4 is 5.32 Å². The van der Waals surface area contributed by atoms with Gasteiger partial charge >= 0.3 is 0 Å². The standard InChI is InChI=1S/C18H21BrN2O4S/c1-13-4-5-17(16(19)9-13)20-18(22)11-21(10-15-3-2-7-25-15)14-6-8-26(23,24)12-14/h2-5,7,9,14H,6,8,10-12H2,1H3,(H,20,22). The summed E-state index contributed by atoms with van der Waals surface area (Å²) in [6.07, 6.45) is 2.10. The molecule has 3 rings (SSSR count). The van der Waals surface area contributed by atoms with E-state index in [-0.39, 0.29) is 30.0 Å². The summed E-state index contributed by atoms with van der Waals surface area (Å²) in [7, 11) is -3.04. The monoisotopic (exact) mass is 440 g/mol. The molecule has 6 nitrogen and oxygen atoms in total. The topological polar surface area (TPSA) is 79.6 Å². The van der Waals surface area contributed by atoms with Gasteiger partial charge in [0.2, 0.25) is 5.91 Å². The molecule has 8 heteroatoms. The van der Waals surface area contributed by atoms with Crippen molar-refractivity contribution in [2.75, 3.05) is 23.4 Å². The van der Waals surface area contributed by atoms with Crippen molar-refractivity contribution >= 4 is 37.4 Å². The first-order chi connectivity index (χ1) is 12.3. The molecule has 2 heterocycles. The molecule has 0 saturated carbocycles. The van der Waals surface area contributed by atoms with Crippen LogP contribution in [0, 0.1) is 6.92 Å². The Morgan fingerprint density at radius 1 is 1.38 bits per heavy atom. The second kappa shape index (κ2) is 7.94. The first-order valence-corrected chi connectivity index (χ1v) is 11.0. The molecule has 1 aromatic carbocycles. The summed E-state index contributed by atoms with van der Waals surface area (Å²) in [5.41, 5.74) is 1.78. The van der Waals surface area contributed by atoms with E-state index in [4.69, 9.17) is 4.42 Å². The van der Waals surface area contributed by atoms with Gasteiger partial charge in [0.05, 0.1) is 36.5 Å². The van der Waals surface area contributed by atoms with Crippen molar-refractivity contribution in [2.45, 2.75) is 25.9 Å². The summed E-state index contributed by atoms with van der Waals surface area (Å²) in [6, 6.07) is 9.11. The molecule has 1 atom stereocenters. The molecule has 1 unspecified atom stereocenters. The highest BCUT2D eigenvalue weighted by atomic mass is 79.9. The average Bonchev–Trinajstić information content (AvgIpc) is 3.19. The maximum Gasteiger partial charge on any atom is 0.238 e. The van der Waals surface area contributed by atoms with Gasteiger partial charge in [0.15, 0.2) is 9.84 Å². The minimum atomic E-state index is -3.04. The van der Waals surface area contributed by atoms with Crippen LogP contribution in [0.3, 0.4) is 0 Å². The van der Waals surface area contributed by atoms with Crippen molar-refractivity contribution in [2.24, 2.45) is 0 Å². The van der Waals surface area contributed by atoms with Crippen LogP contribution in [0.15, 0.2) is 45.5 Å². The molecule has 0 radical (unpaired) electrons. The number of halogens is 1. The lowest BCUT2D eigenvalue weighted by Gasteiger charge is -2.26. The van der Waals surface area contributed by atoms with Crippen molar-refractivity contribution in [1.29, 1.82) is 0 Å². The number of benzene rings is 1. The lowest BCUT2D eigenvalue weighted by atomic mass is 10.2. The van der Waals surface area contributed by atoms with Gasteiger partial charge in [0.25, 0.3) is 0 Å². The molecule has 1 aromatic heterocycles. The summed E-state index contributed by atoms with van der Waals surface area (Å²) in [4.78, 5) is 14.4. The maximum atomic E-state index is 12.6. The quantitative estimate of drug-likeness (QED) is 0.746. The minimum absolute atomic E-state index is 0.0786. The normalized spacial score (nSPS) is 19.0. The van der Waals surface area contributed by atoms with Crippen LogP contribution in [0.5, 0.6) is 0 Å². The van der Waals surface area contributed by atoms with Crippen molar-refractivity contribution in [1.82, 2.24) is 4.90 Å². The summed E-state index contributed by atoms with van der Waals surface area (Å²) >= 11 is 3.45. The fourth-order valence-electron chi connectivity index (χ4n) is 3.08. The second-order valence-electron chi connectivity index (χ2n) is 6.57. The zero-order valence-corrected chi connectivity index (χ0v) is 16.8. The number of hydrogen-bond acceptors (Lipinski definition) is 5. The van der Waals surface area contributed by atoms with Gasteiger partial charge < -0.3 is 9.73 Å². The fourth-order valence-corrected chi connectivity index (χ4v) is 5.43. The Kier molecular flexibility index (Phi) is 5.84. The first kappa shape index (κ1) is 19.1. The van der Waals surface area contributed by atoms with Gasteiger partial charge in [-0.25, -0.2) is 8.42 Å². The highest BCUT2D eigenvalue weighted by Crippen LogP contribution is 2.24. The van der Waals surface area contributed by atoms with Crippen LogP contribution in [0.25, 0.3) is 0 Å². The number of anilines is 1. The molecule has 1 saturated heterocycles. The Morgan fingerprint density at radius 3 is 2.81 bits per heavy atom. The van der Waals surface area contributed by atoms with Crippen LogP contribution in [0.4, 0.5) is 5.69 Å². The number of rotatable bonds is 6. The lowest BCUT2D eigenvalue weighted by molar-refractivity contribution is -0.118. The van der Waals surface area contributed by atoms with Crippen LogP contribution >= 0.6 is 15.9 Å². The highest BCUT2D eigenvalue weighted by molar-refractivity contribution is 9.10. The summed E-state index contributed by atoms with van der Waals surface area (Å²) in [5.74, 6) is 0.760. The van der Waals surface area contributed by atoms with Crippen LogP contribution in [-0.4, -0.2) is 43.3 Å². The van der Waals surface area contributed by atoms with Gasteiger partial charge in [-0.05, 0) is 59.1 Å². The zero-order valence-electron chi connectivity index (χ0n) is 14.4. The summed E-state index contributed by atoms with van der Waals surface area (Å²) in [6.45, 7) is 2.47. The second-order valence-corrected chi connectivity index (χ2v) is 9.66. The molecule has 0 spiro atoms. The van der Waals surface area contributed by atoms with E-state index in [0.29, 0.717) is 24.4 Å². The smallest absolute Gasteiger partial charge is 0.238 e. The minimum Gasteiger partial charge on any atom is -0.468 e. The maximum absolute atomic E-state index is 12.6. The number of furan rings is 1. The van der Waals surface area contributed by atoms with E-state index < -0.39 is 9.84 Å². The van der Waals surface area contributed by atoms with E-state index in [2.05, 4.69) is 21.2 Å². The molecule has 2 aromatic rings. The Bertz CT molecular complexity index is 881. The van der Waals surface area contributed by atoms with Crippen LogP contribution in [-0.2, 0) is 21.2 Å². The fraction of sp³-hybridized carbons (Fsp3) is 0.389. The average molecular weight is 441 g/mol. The molecule has 1 fully saturated rings. The molecule has 1 N–H and O–H groups in total. The molecule has 1 aliphatic rings. The molecule has 1 amide bonds. The number of sulfone groups is 1. The number of carbonyl (C=O) groups is 1. The van der Waals surface area contributed by atoms with Crippen LogP contribution in [0.2, 0.25) is 0 Å². The summed E-state index contributed by atoms with van der Waals surface area (Å²) < 4.78 is 29.9. The third-order valence-electron chi connectivity index (χ3n) is 4.41. The molecule has 0 bridgehead atoms.